The Kier molecular flexibility index (Phi) is 5.67. The van der Waals surface area contributed by atoms with Crippen molar-refractivity contribution < 1.29 is 23.1 Å². The van der Waals surface area contributed by atoms with E-state index >= 15 is 0 Å². The van der Waals surface area contributed by atoms with Crippen molar-refractivity contribution >= 4 is 12.0 Å². The number of esters is 1. The molecule has 1 aromatic heterocycles. The first-order chi connectivity index (χ1) is 11.1. The van der Waals surface area contributed by atoms with E-state index in [-0.39, 0.29) is 24.6 Å². The van der Waals surface area contributed by atoms with Gasteiger partial charge in [0.1, 0.15) is 35.6 Å². The fourth-order valence-corrected chi connectivity index (χ4v) is 1.80. The highest BCUT2D eigenvalue weighted by Crippen LogP contribution is 2.24. The second kappa shape index (κ2) is 7.92. The lowest BCUT2D eigenvalue weighted by atomic mass is 10.2. The third-order valence-corrected chi connectivity index (χ3v) is 2.88. The van der Waals surface area contributed by atoms with Gasteiger partial charge in [0.05, 0.1) is 6.61 Å². The average Bonchev–Trinajstić information content (AvgIpc) is 3.01. The van der Waals surface area contributed by atoms with Crippen LogP contribution in [0.4, 0.5) is 4.39 Å². The Morgan fingerprint density at radius 1 is 1.35 bits per heavy atom. The van der Waals surface area contributed by atoms with Crippen LogP contribution in [0.1, 0.15) is 5.76 Å². The number of carbonyl (C=O) groups excluding carboxylic acids is 1. The van der Waals surface area contributed by atoms with E-state index in [1.807, 2.05) is 0 Å². The van der Waals surface area contributed by atoms with E-state index in [1.165, 1.54) is 25.3 Å². The Bertz CT molecular complexity index is 758. The Balaban J connectivity index is 2.15. The molecule has 0 atom stereocenters. The van der Waals surface area contributed by atoms with Gasteiger partial charge in [-0.3, -0.25) is 0 Å². The monoisotopic (exact) mass is 315 g/mol. The maximum atomic E-state index is 13.2. The van der Waals surface area contributed by atoms with Crippen molar-refractivity contribution in [3.63, 3.8) is 0 Å². The SMILES string of the molecule is COCCOC(=O)/C(C#N)=C/c1ccc(-c2cccc(F)c2)o1. The van der Waals surface area contributed by atoms with Crippen molar-refractivity contribution in [1.29, 1.82) is 5.26 Å². The zero-order chi connectivity index (χ0) is 16.7. The summed E-state index contributed by atoms with van der Waals surface area (Å²) in [6, 6.07) is 10.9. The van der Waals surface area contributed by atoms with Gasteiger partial charge in [0, 0.05) is 18.7 Å². The van der Waals surface area contributed by atoms with Crippen LogP contribution in [0.3, 0.4) is 0 Å². The second-order valence-electron chi connectivity index (χ2n) is 4.51. The largest absolute Gasteiger partial charge is 0.459 e. The van der Waals surface area contributed by atoms with Crippen LogP contribution in [-0.4, -0.2) is 26.3 Å². The van der Waals surface area contributed by atoms with Gasteiger partial charge in [0.15, 0.2) is 0 Å². The summed E-state index contributed by atoms with van der Waals surface area (Å²) in [5.41, 5.74) is 0.368. The number of hydrogen-bond acceptors (Lipinski definition) is 5. The molecule has 1 heterocycles. The summed E-state index contributed by atoms with van der Waals surface area (Å²) in [6.07, 6.45) is 1.28. The maximum Gasteiger partial charge on any atom is 0.349 e. The van der Waals surface area contributed by atoms with E-state index in [2.05, 4.69) is 0 Å². The smallest absolute Gasteiger partial charge is 0.349 e. The van der Waals surface area contributed by atoms with Crippen LogP contribution in [0, 0.1) is 17.1 Å². The van der Waals surface area contributed by atoms with Crippen LogP contribution in [-0.2, 0) is 14.3 Å². The van der Waals surface area contributed by atoms with Gasteiger partial charge in [-0.15, -0.1) is 0 Å². The van der Waals surface area contributed by atoms with E-state index in [9.17, 15) is 9.18 Å². The molecule has 0 aliphatic rings. The molecule has 0 N–H and O–H groups in total. The molecular weight excluding hydrogens is 301 g/mol. The average molecular weight is 315 g/mol. The summed E-state index contributed by atoms with van der Waals surface area (Å²) in [5, 5.41) is 9.03. The number of methoxy groups -OCH3 is 1. The molecule has 0 saturated carbocycles. The van der Waals surface area contributed by atoms with Crippen molar-refractivity contribution in [3.05, 3.63) is 53.5 Å². The van der Waals surface area contributed by atoms with Gasteiger partial charge in [-0.25, -0.2) is 9.18 Å². The van der Waals surface area contributed by atoms with Crippen LogP contribution in [0.15, 0.2) is 46.4 Å². The zero-order valence-electron chi connectivity index (χ0n) is 12.4. The van der Waals surface area contributed by atoms with Gasteiger partial charge in [-0.05, 0) is 24.3 Å². The minimum atomic E-state index is -0.756. The van der Waals surface area contributed by atoms with E-state index in [0.29, 0.717) is 17.1 Å². The Labute approximate surface area is 132 Å². The topological polar surface area (TPSA) is 72.5 Å². The van der Waals surface area contributed by atoms with Gasteiger partial charge < -0.3 is 13.9 Å². The Hall–Kier alpha value is -2.91. The molecule has 5 nitrogen and oxygen atoms in total. The Morgan fingerprint density at radius 3 is 2.87 bits per heavy atom. The fourth-order valence-electron chi connectivity index (χ4n) is 1.80. The molecule has 23 heavy (non-hydrogen) atoms. The van der Waals surface area contributed by atoms with Crippen LogP contribution in [0.2, 0.25) is 0 Å². The van der Waals surface area contributed by atoms with Crippen molar-refractivity contribution in [2.45, 2.75) is 0 Å². The third-order valence-electron chi connectivity index (χ3n) is 2.88. The molecule has 118 valence electrons. The lowest BCUT2D eigenvalue weighted by Gasteiger charge is -2.02. The molecule has 0 amide bonds. The first-order valence-corrected chi connectivity index (χ1v) is 6.77. The first kappa shape index (κ1) is 16.5. The molecule has 0 spiro atoms. The van der Waals surface area contributed by atoms with Crippen LogP contribution >= 0.6 is 0 Å². The van der Waals surface area contributed by atoms with E-state index in [0.717, 1.165) is 0 Å². The molecule has 0 bridgehead atoms. The van der Waals surface area contributed by atoms with Crippen LogP contribution in [0.5, 0.6) is 0 Å². The van der Waals surface area contributed by atoms with E-state index in [4.69, 9.17) is 19.2 Å². The van der Waals surface area contributed by atoms with Crippen molar-refractivity contribution in [3.8, 4) is 17.4 Å². The minimum absolute atomic E-state index is 0.0566. The zero-order valence-corrected chi connectivity index (χ0v) is 12.4. The van der Waals surface area contributed by atoms with Crippen LogP contribution < -0.4 is 0 Å². The number of furan rings is 1. The number of ether oxygens (including phenoxy) is 2. The quantitative estimate of drug-likeness (QED) is 0.354. The van der Waals surface area contributed by atoms with Crippen molar-refractivity contribution in [1.82, 2.24) is 0 Å². The molecular formula is C17H14FNO4. The fraction of sp³-hybridized carbons (Fsp3) is 0.176. The van der Waals surface area contributed by atoms with Gasteiger partial charge in [0.25, 0.3) is 0 Å². The summed E-state index contributed by atoms with van der Waals surface area (Å²) in [6.45, 7) is 0.302. The number of benzene rings is 1. The predicted molar refractivity (Wildman–Crippen MR) is 80.5 cm³/mol. The van der Waals surface area contributed by atoms with Gasteiger partial charge >= 0.3 is 5.97 Å². The van der Waals surface area contributed by atoms with Crippen molar-refractivity contribution in [2.75, 3.05) is 20.3 Å². The molecule has 0 radical (unpaired) electrons. The molecule has 2 aromatic rings. The molecule has 0 aliphatic heterocycles. The summed E-state index contributed by atoms with van der Waals surface area (Å²) < 4.78 is 28.3. The predicted octanol–water partition coefficient (Wildman–Crippen LogP) is 3.18. The number of rotatable bonds is 6. The van der Waals surface area contributed by atoms with Gasteiger partial charge in [-0.1, -0.05) is 12.1 Å². The van der Waals surface area contributed by atoms with Gasteiger partial charge in [0.2, 0.25) is 0 Å². The lowest BCUT2D eigenvalue weighted by Crippen LogP contribution is -2.11. The number of halogens is 1. The highest BCUT2D eigenvalue weighted by Gasteiger charge is 2.12. The molecule has 0 saturated heterocycles. The molecule has 0 aliphatic carbocycles. The third kappa shape index (κ3) is 4.53. The molecule has 6 heteroatoms. The summed E-state index contributed by atoms with van der Waals surface area (Å²) in [4.78, 5) is 11.7. The maximum absolute atomic E-state index is 13.2. The second-order valence-corrected chi connectivity index (χ2v) is 4.51. The minimum Gasteiger partial charge on any atom is -0.459 e. The Morgan fingerprint density at radius 2 is 2.17 bits per heavy atom. The molecule has 0 fully saturated rings. The number of nitrogens with zero attached hydrogens (tertiary/aromatic N) is 1. The normalized spacial score (nSPS) is 11.1. The molecule has 0 unspecified atom stereocenters. The number of hydrogen-bond donors (Lipinski definition) is 0. The first-order valence-electron chi connectivity index (χ1n) is 6.77. The molecule has 1 aromatic carbocycles. The van der Waals surface area contributed by atoms with E-state index in [1.54, 1.807) is 30.3 Å². The standard InChI is InChI=1S/C17H14FNO4/c1-21-7-8-22-17(20)13(11-19)10-15-5-6-16(23-15)12-3-2-4-14(18)9-12/h2-6,9-10H,7-8H2,1H3/b13-10+. The van der Waals surface area contributed by atoms with Crippen molar-refractivity contribution in [2.24, 2.45) is 0 Å². The summed E-state index contributed by atoms with van der Waals surface area (Å²) in [5.74, 6) is -0.408. The summed E-state index contributed by atoms with van der Waals surface area (Å²) >= 11 is 0. The summed E-state index contributed by atoms with van der Waals surface area (Å²) in [7, 11) is 1.48. The molecule has 2 rings (SSSR count). The van der Waals surface area contributed by atoms with Crippen LogP contribution in [0.25, 0.3) is 17.4 Å². The lowest BCUT2D eigenvalue weighted by molar-refractivity contribution is -0.139. The highest BCUT2D eigenvalue weighted by atomic mass is 19.1. The number of carbonyl (C=O) groups is 1. The highest BCUT2D eigenvalue weighted by molar-refractivity contribution is 5.97. The van der Waals surface area contributed by atoms with E-state index < -0.39 is 5.97 Å². The van der Waals surface area contributed by atoms with Gasteiger partial charge in [-0.2, -0.15) is 5.26 Å². The number of nitriles is 1.